The van der Waals surface area contributed by atoms with Gasteiger partial charge in [-0.05, 0) is 37.6 Å². The Morgan fingerprint density at radius 2 is 2.11 bits per heavy atom. The first-order valence-corrected chi connectivity index (χ1v) is 6.26. The Labute approximate surface area is 110 Å². The summed E-state index contributed by atoms with van der Waals surface area (Å²) in [6.45, 7) is 3.08. The SMILES string of the molecule is CCOC(=O)CNCCc1ccc2[nH]c(=O)[nH]c2c1. The van der Waals surface area contributed by atoms with Gasteiger partial charge in [0, 0.05) is 0 Å². The summed E-state index contributed by atoms with van der Waals surface area (Å²) in [5, 5.41) is 3.02. The van der Waals surface area contributed by atoms with Crippen molar-refractivity contribution >= 4 is 17.0 Å². The van der Waals surface area contributed by atoms with Crippen LogP contribution in [0, 0.1) is 0 Å². The molecule has 0 fully saturated rings. The van der Waals surface area contributed by atoms with Crippen molar-refractivity contribution in [2.75, 3.05) is 19.7 Å². The number of hydrogen-bond donors (Lipinski definition) is 3. The van der Waals surface area contributed by atoms with Gasteiger partial charge in [0.2, 0.25) is 0 Å². The molecule has 1 aromatic carbocycles. The number of esters is 1. The zero-order valence-corrected chi connectivity index (χ0v) is 10.8. The number of carbonyl (C=O) groups is 1. The molecule has 0 spiro atoms. The number of aromatic amines is 2. The van der Waals surface area contributed by atoms with Gasteiger partial charge in [0.1, 0.15) is 0 Å². The highest BCUT2D eigenvalue weighted by Crippen LogP contribution is 2.10. The Morgan fingerprint density at radius 1 is 1.32 bits per heavy atom. The minimum Gasteiger partial charge on any atom is -0.465 e. The number of imidazole rings is 1. The second-order valence-electron chi connectivity index (χ2n) is 4.19. The van der Waals surface area contributed by atoms with E-state index in [-0.39, 0.29) is 18.2 Å². The van der Waals surface area contributed by atoms with Crippen LogP contribution >= 0.6 is 0 Å². The summed E-state index contributed by atoms with van der Waals surface area (Å²) in [6.07, 6.45) is 0.780. The predicted molar refractivity (Wildman–Crippen MR) is 72.1 cm³/mol. The minimum atomic E-state index is -0.243. The van der Waals surface area contributed by atoms with Gasteiger partial charge in [-0.2, -0.15) is 0 Å². The smallest absolute Gasteiger partial charge is 0.323 e. The van der Waals surface area contributed by atoms with Crippen LogP contribution < -0.4 is 11.0 Å². The fourth-order valence-corrected chi connectivity index (χ4v) is 1.87. The van der Waals surface area contributed by atoms with Crippen LogP contribution in [-0.2, 0) is 16.0 Å². The van der Waals surface area contributed by atoms with E-state index >= 15 is 0 Å². The van der Waals surface area contributed by atoms with Gasteiger partial charge in [-0.15, -0.1) is 0 Å². The third kappa shape index (κ3) is 3.69. The summed E-state index contributed by atoms with van der Waals surface area (Å²) >= 11 is 0. The minimum absolute atomic E-state index is 0.201. The van der Waals surface area contributed by atoms with Crippen LogP contribution in [0.2, 0.25) is 0 Å². The van der Waals surface area contributed by atoms with Crippen LogP contribution in [0.25, 0.3) is 11.0 Å². The van der Waals surface area contributed by atoms with Crippen molar-refractivity contribution in [3.63, 3.8) is 0 Å². The van der Waals surface area contributed by atoms with Crippen molar-refractivity contribution in [2.45, 2.75) is 13.3 Å². The van der Waals surface area contributed by atoms with E-state index in [4.69, 9.17) is 4.74 Å². The second-order valence-corrected chi connectivity index (χ2v) is 4.19. The van der Waals surface area contributed by atoms with Crippen molar-refractivity contribution in [3.05, 3.63) is 34.2 Å². The number of benzene rings is 1. The molecule has 0 saturated carbocycles. The lowest BCUT2D eigenvalue weighted by Crippen LogP contribution is -2.26. The normalized spacial score (nSPS) is 10.8. The number of ether oxygens (including phenoxy) is 1. The van der Waals surface area contributed by atoms with Crippen molar-refractivity contribution in [1.29, 1.82) is 0 Å². The molecule has 0 aliphatic rings. The number of nitrogens with one attached hydrogen (secondary N) is 3. The highest BCUT2D eigenvalue weighted by Gasteiger charge is 2.02. The molecule has 0 radical (unpaired) electrons. The lowest BCUT2D eigenvalue weighted by atomic mass is 10.1. The first-order valence-electron chi connectivity index (χ1n) is 6.26. The molecule has 0 aliphatic carbocycles. The van der Waals surface area contributed by atoms with E-state index < -0.39 is 0 Å². The van der Waals surface area contributed by atoms with Gasteiger partial charge >= 0.3 is 11.7 Å². The monoisotopic (exact) mass is 263 g/mol. The maximum Gasteiger partial charge on any atom is 0.323 e. The van der Waals surface area contributed by atoms with E-state index in [1.807, 2.05) is 18.2 Å². The van der Waals surface area contributed by atoms with Gasteiger partial charge < -0.3 is 20.0 Å². The zero-order chi connectivity index (χ0) is 13.7. The maximum atomic E-state index is 11.1. The maximum absolute atomic E-state index is 11.1. The van der Waals surface area contributed by atoms with Crippen molar-refractivity contribution < 1.29 is 9.53 Å². The van der Waals surface area contributed by atoms with Gasteiger partial charge in [0.25, 0.3) is 0 Å². The van der Waals surface area contributed by atoms with E-state index in [1.54, 1.807) is 6.92 Å². The lowest BCUT2D eigenvalue weighted by molar-refractivity contribution is -0.141. The largest absolute Gasteiger partial charge is 0.465 e. The van der Waals surface area contributed by atoms with Crippen LogP contribution in [0.5, 0.6) is 0 Å². The summed E-state index contributed by atoms with van der Waals surface area (Å²) in [6, 6.07) is 5.76. The summed E-state index contributed by atoms with van der Waals surface area (Å²) in [5.74, 6) is -0.243. The quantitative estimate of drug-likeness (QED) is 0.525. The standard InChI is InChI=1S/C13H17N3O3/c1-2-19-12(17)8-14-6-5-9-3-4-10-11(7-9)16-13(18)15-10/h3-4,7,14H,2,5-6,8H2,1H3,(H2,15,16,18). The van der Waals surface area contributed by atoms with Crippen molar-refractivity contribution in [2.24, 2.45) is 0 Å². The summed E-state index contributed by atoms with van der Waals surface area (Å²) in [5.41, 5.74) is 2.49. The molecule has 3 N–H and O–H groups in total. The zero-order valence-electron chi connectivity index (χ0n) is 10.8. The molecular formula is C13H17N3O3. The van der Waals surface area contributed by atoms with Gasteiger partial charge in [0.05, 0.1) is 24.2 Å². The average Bonchev–Trinajstić information content (AvgIpc) is 2.74. The lowest BCUT2D eigenvalue weighted by Gasteiger charge is -2.04. The van der Waals surface area contributed by atoms with Crippen LogP contribution in [-0.4, -0.2) is 35.6 Å². The number of H-pyrrole nitrogens is 2. The van der Waals surface area contributed by atoms with Crippen LogP contribution in [0.1, 0.15) is 12.5 Å². The fourth-order valence-electron chi connectivity index (χ4n) is 1.87. The Morgan fingerprint density at radius 3 is 2.89 bits per heavy atom. The second kappa shape index (κ2) is 6.19. The third-order valence-electron chi connectivity index (χ3n) is 2.75. The Kier molecular flexibility index (Phi) is 4.35. The van der Waals surface area contributed by atoms with Gasteiger partial charge in [0.15, 0.2) is 0 Å². The molecule has 6 nitrogen and oxygen atoms in total. The van der Waals surface area contributed by atoms with Gasteiger partial charge in [-0.25, -0.2) is 4.79 Å². The molecule has 2 rings (SSSR count). The van der Waals surface area contributed by atoms with Gasteiger partial charge in [-0.3, -0.25) is 4.79 Å². The molecule has 19 heavy (non-hydrogen) atoms. The Bertz CT molecular complexity index is 615. The molecule has 6 heteroatoms. The number of hydrogen-bond acceptors (Lipinski definition) is 4. The molecule has 0 saturated heterocycles. The van der Waals surface area contributed by atoms with E-state index in [0.717, 1.165) is 23.0 Å². The molecule has 1 aromatic heterocycles. The van der Waals surface area contributed by atoms with Crippen molar-refractivity contribution in [3.8, 4) is 0 Å². The number of fused-ring (bicyclic) bond motifs is 1. The molecule has 0 amide bonds. The van der Waals surface area contributed by atoms with Crippen LogP contribution in [0.4, 0.5) is 0 Å². The van der Waals surface area contributed by atoms with E-state index in [0.29, 0.717) is 13.2 Å². The molecule has 0 atom stereocenters. The average molecular weight is 263 g/mol. The van der Waals surface area contributed by atoms with Crippen LogP contribution in [0.15, 0.2) is 23.0 Å². The predicted octanol–water partition coefficient (Wildman–Crippen LogP) is 0.551. The third-order valence-corrected chi connectivity index (χ3v) is 2.75. The highest BCUT2D eigenvalue weighted by atomic mass is 16.5. The topological polar surface area (TPSA) is 87.0 Å². The van der Waals surface area contributed by atoms with E-state index in [2.05, 4.69) is 15.3 Å². The summed E-state index contributed by atoms with van der Waals surface area (Å²) < 4.78 is 4.81. The van der Waals surface area contributed by atoms with Gasteiger partial charge in [-0.1, -0.05) is 6.07 Å². The molecule has 102 valence electrons. The van der Waals surface area contributed by atoms with Crippen molar-refractivity contribution in [1.82, 2.24) is 15.3 Å². The summed E-state index contributed by atoms with van der Waals surface area (Å²) in [7, 11) is 0. The first kappa shape index (κ1) is 13.4. The number of carbonyl (C=O) groups excluding carboxylic acids is 1. The summed E-state index contributed by atoms with van der Waals surface area (Å²) in [4.78, 5) is 27.6. The molecular weight excluding hydrogens is 246 g/mol. The fraction of sp³-hybridized carbons (Fsp3) is 0.385. The Hall–Kier alpha value is -2.08. The van der Waals surface area contributed by atoms with E-state index in [9.17, 15) is 9.59 Å². The molecule has 2 aromatic rings. The molecule has 0 aliphatic heterocycles. The number of aromatic nitrogens is 2. The molecule has 0 bridgehead atoms. The molecule has 1 heterocycles. The number of rotatable bonds is 6. The Balaban J connectivity index is 1.84. The van der Waals surface area contributed by atoms with E-state index in [1.165, 1.54) is 0 Å². The molecule has 0 unspecified atom stereocenters. The van der Waals surface area contributed by atoms with Crippen LogP contribution in [0.3, 0.4) is 0 Å². The first-order chi connectivity index (χ1) is 9.19. The highest BCUT2D eigenvalue weighted by molar-refractivity contribution is 5.75.